The first kappa shape index (κ1) is 26.1. The minimum Gasteiger partial charge on any atom is -0.336 e. The van der Waals surface area contributed by atoms with E-state index in [1.165, 1.54) is 4.31 Å². The van der Waals surface area contributed by atoms with Crippen LogP contribution < -0.4 is 4.31 Å². The van der Waals surface area contributed by atoms with Crippen molar-refractivity contribution in [2.75, 3.05) is 4.31 Å². The van der Waals surface area contributed by atoms with Crippen molar-refractivity contribution < 1.29 is 8.42 Å². The Balaban J connectivity index is 1.52. The Labute approximate surface area is 239 Å². The molecule has 0 aliphatic rings. The fraction of sp³-hybridized carbons (Fsp3) is 0.0588. The first-order valence-corrected chi connectivity index (χ1v) is 14.6. The summed E-state index contributed by atoms with van der Waals surface area (Å²) in [7, 11) is -2.19. The summed E-state index contributed by atoms with van der Waals surface area (Å²) in [6, 6.07) is 38.1. The van der Waals surface area contributed by atoms with Gasteiger partial charge in [0.25, 0.3) is 10.0 Å². The van der Waals surface area contributed by atoms with Crippen LogP contribution in [0.1, 0.15) is 11.3 Å². The molecule has 0 atom stereocenters. The summed E-state index contributed by atoms with van der Waals surface area (Å²) in [4.78, 5) is 4.38. The van der Waals surface area contributed by atoms with Crippen LogP contribution in [0.3, 0.4) is 0 Å². The number of hydrogen-bond donors (Lipinski definition) is 0. The number of rotatable bonds is 7. The average molecular weight is 555 g/mol. The topological polar surface area (TPSA) is 79.0 Å². The number of aryl methyl sites for hydroxylation is 1. The number of nitriles is 1. The van der Waals surface area contributed by atoms with Gasteiger partial charge in [0.1, 0.15) is 0 Å². The van der Waals surface area contributed by atoms with Gasteiger partial charge in [-0.25, -0.2) is 13.4 Å². The van der Waals surface area contributed by atoms with Gasteiger partial charge in [0.2, 0.25) is 0 Å². The highest BCUT2D eigenvalue weighted by atomic mass is 32.2. The van der Waals surface area contributed by atoms with Gasteiger partial charge in [-0.05, 0) is 57.8 Å². The van der Waals surface area contributed by atoms with Gasteiger partial charge in [0.05, 0.1) is 40.8 Å². The van der Waals surface area contributed by atoms with Crippen LogP contribution in [0.2, 0.25) is 0 Å². The van der Waals surface area contributed by atoms with Crippen molar-refractivity contribution in [3.8, 4) is 28.3 Å². The third kappa shape index (κ3) is 4.97. The molecule has 0 aliphatic carbocycles. The molecule has 0 N–H and O–H groups in total. The van der Waals surface area contributed by atoms with Crippen molar-refractivity contribution in [1.82, 2.24) is 9.55 Å². The summed E-state index contributed by atoms with van der Waals surface area (Å²) in [6.07, 6.45) is 3.31. The number of sulfonamides is 1. The van der Waals surface area contributed by atoms with E-state index in [4.69, 9.17) is 0 Å². The highest BCUT2D eigenvalue weighted by molar-refractivity contribution is 7.92. The lowest BCUT2D eigenvalue weighted by molar-refractivity contribution is 0.589. The van der Waals surface area contributed by atoms with Crippen LogP contribution in [0.5, 0.6) is 0 Å². The molecule has 1 heterocycles. The predicted octanol–water partition coefficient (Wildman–Crippen LogP) is 7.17. The second-order valence-corrected chi connectivity index (χ2v) is 11.6. The van der Waals surface area contributed by atoms with Crippen molar-refractivity contribution in [1.29, 1.82) is 5.26 Å². The van der Waals surface area contributed by atoms with E-state index in [2.05, 4.69) is 11.1 Å². The second-order valence-electron chi connectivity index (χ2n) is 9.77. The normalized spacial score (nSPS) is 11.3. The lowest BCUT2D eigenvalue weighted by Crippen LogP contribution is -2.31. The van der Waals surface area contributed by atoms with Crippen LogP contribution in [-0.2, 0) is 23.6 Å². The fourth-order valence-electron chi connectivity index (χ4n) is 5.06. The van der Waals surface area contributed by atoms with E-state index in [9.17, 15) is 13.7 Å². The first-order valence-electron chi connectivity index (χ1n) is 13.1. The molecule has 5 aromatic carbocycles. The molecule has 0 amide bonds. The maximum Gasteiger partial charge on any atom is 0.264 e. The SMILES string of the molecule is Cn1cncc1CN(c1ccc(C#N)c(-c2cccc3ccccc23)c1)S(=O)(=O)c1cccc(-c2ccccc2)c1. The van der Waals surface area contributed by atoms with E-state index in [-0.39, 0.29) is 11.4 Å². The molecule has 6 rings (SSSR count). The van der Waals surface area contributed by atoms with Gasteiger partial charge in [-0.1, -0.05) is 84.9 Å². The van der Waals surface area contributed by atoms with Crippen LogP contribution in [0.15, 0.2) is 133 Å². The molecule has 0 radical (unpaired) electrons. The molecule has 0 fully saturated rings. The molecule has 0 unspecified atom stereocenters. The van der Waals surface area contributed by atoms with Crippen molar-refractivity contribution in [2.45, 2.75) is 11.4 Å². The minimum atomic E-state index is -4.03. The van der Waals surface area contributed by atoms with E-state index in [1.54, 1.807) is 53.5 Å². The smallest absolute Gasteiger partial charge is 0.264 e. The van der Waals surface area contributed by atoms with Crippen LogP contribution in [0.25, 0.3) is 33.0 Å². The molecule has 7 heteroatoms. The Morgan fingerprint density at radius 1 is 0.805 bits per heavy atom. The number of imidazole rings is 1. The highest BCUT2D eigenvalue weighted by Crippen LogP contribution is 2.36. The third-order valence-corrected chi connectivity index (χ3v) is 9.01. The molecule has 6 nitrogen and oxygen atoms in total. The first-order chi connectivity index (χ1) is 20.0. The monoisotopic (exact) mass is 554 g/mol. The Hall–Kier alpha value is -5.19. The number of nitrogens with zero attached hydrogens (tertiary/aromatic N) is 4. The van der Waals surface area contributed by atoms with Gasteiger partial charge < -0.3 is 4.57 Å². The lowest BCUT2D eigenvalue weighted by atomic mass is 9.94. The van der Waals surface area contributed by atoms with Crippen molar-refractivity contribution in [3.05, 3.63) is 139 Å². The Morgan fingerprint density at radius 3 is 2.32 bits per heavy atom. The summed E-state index contributed by atoms with van der Waals surface area (Å²) >= 11 is 0. The summed E-state index contributed by atoms with van der Waals surface area (Å²) < 4.78 is 32.0. The maximum absolute atomic E-state index is 14.4. The van der Waals surface area contributed by atoms with Gasteiger partial charge >= 0.3 is 0 Å². The third-order valence-electron chi connectivity index (χ3n) is 7.24. The van der Waals surface area contributed by atoms with Gasteiger partial charge in [-0.3, -0.25) is 4.31 Å². The number of fused-ring (bicyclic) bond motifs is 1. The molecule has 0 saturated carbocycles. The van der Waals surface area contributed by atoms with Crippen molar-refractivity contribution >= 4 is 26.5 Å². The molecule has 0 bridgehead atoms. The van der Waals surface area contributed by atoms with Crippen LogP contribution >= 0.6 is 0 Å². The zero-order valence-corrected chi connectivity index (χ0v) is 23.2. The molecule has 0 saturated heterocycles. The van der Waals surface area contributed by atoms with Gasteiger partial charge in [0.15, 0.2) is 0 Å². The Kier molecular flexibility index (Phi) is 6.84. The van der Waals surface area contributed by atoms with E-state index < -0.39 is 10.0 Å². The van der Waals surface area contributed by atoms with Crippen molar-refractivity contribution in [3.63, 3.8) is 0 Å². The van der Waals surface area contributed by atoms with Crippen LogP contribution in [0, 0.1) is 11.3 Å². The standard InChI is InChI=1S/C34H26N4O2S/c1-37-24-36-22-30(37)23-38(41(39,40)31-14-7-13-27(19-31)25-9-3-2-4-10-25)29-18-17-28(21-35)34(20-29)33-16-8-12-26-11-5-6-15-32(26)33/h2-20,22,24H,23H2,1H3. The summed E-state index contributed by atoms with van der Waals surface area (Å²) in [5.41, 5.74) is 4.93. The summed E-state index contributed by atoms with van der Waals surface area (Å²) in [5.74, 6) is 0. The van der Waals surface area contributed by atoms with E-state index in [1.807, 2.05) is 85.9 Å². The molecule has 0 aliphatic heterocycles. The molecular formula is C34H26N4O2S. The lowest BCUT2D eigenvalue weighted by Gasteiger charge is -2.26. The van der Waals surface area contributed by atoms with E-state index in [0.29, 0.717) is 16.8 Å². The molecule has 41 heavy (non-hydrogen) atoms. The zero-order valence-electron chi connectivity index (χ0n) is 22.3. The van der Waals surface area contributed by atoms with Crippen LogP contribution in [-0.4, -0.2) is 18.0 Å². The second kappa shape index (κ2) is 10.8. The summed E-state index contributed by atoms with van der Waals surface area (Å²) in [5, 5.41) is 12.0. The number of benzene rings is 5. The molecular weight excluding hydrogens is 528 g/mol. The number of aromatic nitrogens is 2. The predicted molar refractivity (Wildman–Crippen MR) is 163 cm³/mol. The number of anilines is 1. The van der Waals surface area contributed by atoms with Crippen molar-refractivity contribution in [2.24, 2.45) is 7.05 Å². The summed E-state index contributed by atoms with van der Waals surface area (Å²) in [6.45, 7) is 0.0648. The molecule has 6 aromatic rings. The van der Waals surface area contributed by atoms with Crippen LogP contribution in [0.4, 0.5) is 5.69 Å². The highest BCUT2D eigenvalue weighted by Gasteiger charge is 2.27. The van der Waals surface area contributed by atoms with Gasteiger partial charge in [-0.15, -0.1) is 0 Å². The minimum absolute atomic E-state index is 0.0648. The van der Waals surface area contributed by atoms with E-state index >= 15 is 0 Å². The number of hydrogen-bond acceptors (Lipinski definition) is 4. The quantitative estimate of drug-likeness (QED) is 0.209. The van der Waals surface area contributed by atoms with Gasteiger partial charge in [-0.2, -0.15) is 5.26 Å². The van der Waals surface area contributed by atoms with E-state index in [0.717, 1.165) is 33.2 Å². The zero-order chi connectivity index (χ0) is 28.4. The molecule has 0 spiro atoms. The Morgan fingerprint density at radius 2 is 1.54 bits per heavy atom. The maximum atomic E-state index is 14.4. The van der Waals surface area contributed by atoms with Gasteiger partial charge in [0, 0.05) is 18.8 Å². The largest absolute Gasteiger partial charge is 0.336 e. The fourth-order valence-corrected chi connectivity index (χ4v) is 6.54. The molecule has 1 aromatic heterocycles. The molecule has 200 valence electrons. The Bertz CT molecular complexity index is 2020. The average Bonchev–Trinajstić information content (AvgIpc) is 3.43.